The van der Waals surface area contributed by atoms with Crippen molar-refractivity contribution < 1.29 is 14.6 Å². The Kier molecular flexibility index (Phi) is 6.51. The number of hydrogen-bond acceptors (Lipinski definition) is 2. The molecule has 188 valence electrons. The van der Waals surface area contributed by atoms with E-state index in [0.717, 1.165) is 62.2 Å². The van der Waals surface area contributed by atoms with Crippen LogP contribution in [0.15, 0.2) is 35.9 Å². The third-order valence-corrected chi connectivity index (χ3v) is 11.4. The molecule has 8 atom stereocenters. The number of allylic oxidation sites excluding steroid dienone is 1. The quantitative estimate of drug-likeness (QED) is 0.419. The molecule has 1 aromatic rings. The van der Waals surface area contributed by atoms with Crippen molar-refractivity contribution in [3.63, 3.8) is 0 Å². The van der Waals surface area contributed by atoms with Crippen molar-refractivity contribution in [2.75, 3.05) is 0 Å². The molecular weight excluding hydrogens is 423 g/mol. The Morgan fingerprint density at radius 2 is 1.85 bits per heavy atom. The molecule has 2 N–H and O–H groups in total. The van der Waals surface area contributed by atoms with Gasteiger partial charge in [-0.3, -0.25) is 0 Å². The van der Waals surface area contributed by atoms with Gasteiger partial charge in [-0.15, -0.1) is 0 Å². The Morgan fingerprint density at radius 1 is 1.06 bits per heavy atom. The molecule has 4 aliphatic carbocycles. The first kappa shape index (κ1) is 24.5. The van der Waals surface area contributed by atoms with E-state index in [9.17, 15) is 14.6 Å². The monoisotopic (exact) mass is 468 g/mol. The zero-order valence-corrected chi connectivity index (χ0v) is 21.5. The van der Waals surface area contributed by atoms with Crippen molar-refractivity contribution in [3.8, 4) is 0 Å². The minimum Gasteiger partial charge on any atom is -0.390 e. The van der Waals surface area contributed by atoms with E-state index in [1.54, 1.807) is 17.7 Å². The van der Waals surface area contributed by atoms with Crippen LogP contribution in [-0.2, 0) is 0 Å². The van der Waals surface area contributed by atoms with Gasteiger partial charge in [0.2, 0.25) is 0 Å². The smallest absolute Gasteiger partial charge is 0.128 e. The molecule has 2 nitrogen and oxygen atoms in total. The van der Waals surface area contributed by atoms with Crippen molar-refractivity contribution in [1.29, 1.82) is 0 Å². The van der Waals surface area contributed by atoms with Crippen LogP contribution < -0.4 is 0 Å². The maximum absolute atomic E-state index is 14.0. The number of fused-ring (bicyclic) bond motifs is 5. The first-order chi connectivity index (χ1) is 16.2. The summed E-state index contributed by atoms with van der Waals surface area (Å²) in [4.78, 5) is 0. The summed E-state index contributed by atoms with van der Waals surface area (Å²) in [6.45, 7) is 7.22. The minimum atomic E-state index is -0.697. The lowest BCUT2D eigenvalue weighted by Crippen LogP contribution is -2.52. The van der Waals surface area contributed by atoms with Crippen LogP contribution in [0.4, 0.5) is 4.39 Å². The fraction of sp³-hybridized carbons (Fsp3) is 0.742. The summed E-state index contributed by atoms with van der Waals surface area (Å²) < 4.78 is 14.0. The van der Waals surface area contributed by atoms with E-state index >= 15 is 0 Å². The van der Waals surface area contributed by atoms with Crippen molar-refractivity contribution >= 4 is 0 Å². The van der Waals surface area contributed by atoms with Crippen molar-refractivity contribution in [2.45, 2.75) is 110 Å². The van der Waals surface area contributed by atoms with Gasteiger partial charge >= 0.3 is 0 Å². The summed E-state index contributed by atoms with van der Waals surface area (Å²) in [5.41, 5.74) is 2.22. The van der Waals surface area contributed by atoms with Crippen LogP contribution in [0.2, 0.25) is 0 Å². The topological polar surface area (TPSA) is 40.5 Å². The molecule has 0 aromatic heterocycles. The lowest BCUT2D eigenvalue weighted by molar-refractivity contribution is -0.0718. The lowest BCUT2D eigenvalue weighted by atomic mass is 9.46. The van der Waals surface area contributed by atoms with Gasteiger partial charge in [0.1, 0.15) is 5.82 Å². The highest BCUT2D eigenvalue weighted by Gasteiger charge is 2.59. The molecule has 0 aliphatic heterocycles. The predicted molar refractivity (Wildman–Crippen MR) is 136 cm³/mol. The second-order valence-electron chi connectivity index (χ2n) is 12.8. The zero-order valence-electron chi connectivity index (χ0n) is 21.5. The third kappa shape index (κ3) is 3.99. The van der Waals surface area contributed by atoms with E-state index in [2.05, 4.69) is 26.8 Å². The average molecular weight is 469 g/mol. The van der Waals surface area contributed by atoms with Gasteiger partial charge in [-0.05, 0) is 111 Å². The molecule has 0 radical (unpaired) electrons. The van der Waals surface area contributed by atoms with Gasteiger partial charge in [-0.25, -0.2) is 4.39 Å². The summed E-state index contributed by atoms with van der Waals surface area (Å²) >= 11 is 0. The predicted octanol–water partition coefficient (Wildman–Crippen LogP) is 7.75. The first-order valence-corrected chi connectivity index (χ1v) is 14.0. The number of rotatable bonds is 6. The van der Waals surface area contributed by atoms with Gasteiger partial charge in [-0.1, -0.05) is 57.0 Å². The number of hydrogen-bond donors (Lipinski definition) is 2. The molecular formula is C31H45FO2. The van der Waals surface area contributed by atoms with Gasteiger partial charge in [0.25, 0.3) is 0 Å². The van der Waals surface area contributed by atoms with E-state index in [0.29, 0.717) is 17.4 Å². The standard InChI is InChI=1S/C31H45FO2/c1-4-31(34)19-18-30(3)22(20-31)12-14-23-25-15-13-21(29(25,2)17-16-26(23)30)8-7-11-28(33)24-9-5-6-10-27(24)32/h5-6,9-10,12,21,23,25-26,28,33-34H,4,7-8,11,13-20H2,1-3H3/t21-,23?,25?,26?,28?,29?,30?,31-/m0/s1. The van der Waals surface area contributed by atoms with Crippen LogP contribution >= 0.6 is 0 Å². The van der Waals surface area contributed by atoms with Crippen LogP contribution in [0.1, 0.15) is 109 Å². The molecule has 0 amide bonds. The van der Waals surface area contributed by atoms with Crippen LogP contribution in [0.3, 0.4) is 0 Å². The molecule has 0 saturated heterocycles. The molecule has 0 bridgehead atoms. The number of benzene rings is 1. The Balaban J connectivity index is 1.24. The van der Waals surface area contributed by atoms with Crippen molar-refractivity contribution in [1.82, 2.24) is 0 Å². The first-order valence-electron chi connectivity index (χ1n) is 14.0. The summed E-state index contributed by atoms with van der Waals surface area (Å²) in [6, 6.07) is 6.65. The summed E-state index contributed by atoms with van der Waals surface area (Å²) in [5, 5.41) is 21.5. The molecule has 1 aromatic carbocycles. The van der Waals surface area contributed by atoms with Gasteiger partial charge in [0.15, 0.2) is 0 Å². The fourth-order valence-electron chi connectivity index (χ4n) is 9.06. The highest BCUT2D eigenvalue weighted by Crippen LogP contribution is 2.67. The Bertz CT molecular complexity index is 926. The largest absolute Gasteiger partial charge is 0.390 e. The molecule has 0 heterocycles. The van der Waals surface area contributed by atoms with E-state index < -0.39 is 11.7 Å². The normalized spacial score (nSPS) is 42.4. The van der Waals surface area contributed by atoms with E-state index in [-0.39, 0.29) is 11.2 Å². The van der Waals surface area contributed by atoms with Crippen LogP contribution in [0, 0.1) is 40.3 Å². The molecule has 0 spiro atoms. The fourth-order valence-corrected chi connectivity index (χ4v) is 9.06. The summed E-state index contributed by atoms with van der Waals surface area (Å²) in [6.07, 6.45) is 15.0. The Morgan fingerprint density at radius 3 is 2.62 bits per heavy atom. The van der Waals surface area contributed by atoms with E-state index in [1.165, 1.54) is 38.2 Å². The van der Waals surface area contributed by atoms with Crippen molar-refractivity contribution in [3.05, 3.63) is 47.3 Å². The number of aliphatic hydroxyl groups is 2. The van der Waals surface area contributed by atoms with Crippen LogP contribution in [0.25, 0.3) is 0 Å². The highest BCUT2D eigenvalue weighted by molar-refractivity contribution is 5.27. The zero-order chi connectivity index (χ0) is 24.1. The molecule has 6 unspecified atom stereocenters. The van der Waals surface area contributed by atoms with Crippen molar-refractivity contribution in [2.24, 2.45) is 34.5 Å². The van der Waals surface area contributed by atoms with Gasteiger partial charge in [-0.2, -0.15) is 0 Å². The average Bonchev–Trinajstić information content (AvgIpc) is 3.16. The highest BCUT2D eigenvalue weighted by atomic mass is 19.1. The Hall–Kier alpha value is -1.19. The SMILES string of the molecule is CC[C@]1(O)CCC2(C)C(=CCC3C2CCC2(C)C3CC[C@@H]2CCCC(O)c2ccccc2F)C1. The number of aliphatic hydroxyl groups excluding tert-OH is 1. The van der Waals surface area contributed by atoms with E-state index in [1.807, 2.05) is 6.07 Å². The van der Waals surface area contributed by atoms with Gasteiger partial charge < -0.3 is 10.2 Å². The van der Waals surface area contributed by atoms with Crippen LogP contribution in [0.5, 0.6) is 0 Å². The maximum Gasteiger partial charge on any atom is 0.128 e. The molecule has 5 rings (SSSR count). The van der Waals surface area contributed by atoms with Crippen LogP contribution in [-0.4, -0.2) is 15.8 Å². The third-order valence-electron chi connectivity index (χ3n) is 11.4. The van der Waals surface area contributed by atoms with E-state index in [4.69, 9.17) is 0 Å². The molecule has 3 fully saturated rings. The lowest BCUT2D eigenvalue weighted by Gasteiger charge is -2.59. The van der Waals surface area contributed by atoms with Gasteiger partial charge in [0.05, 0.1) is 11.7 Å². The summed E-state index contributed by atoms with van der Waals surface area (Å²) in [7, 11) is 0. The molecule has 34 heavy (non-hydrogen) atoms. The maximum atomic E-state index is 14.0. The summed E-state index contributed by atoms with van der Waals surface area (Å²) in [5.74, 6) is 2.79. The minimum absolute atomic E-state index is 0.285. The number of halogens is 1. The molecule has 4 aliphatic rings. The molecule has 3 heteroatoms. The second-order valence-corrected chi connectivity index (χ2v) is 12.8. The van der Waals surface area contributed by atoms with Gasteiger partial charge in [0, 0.05) is 5.56 Å². The second kappa shape index (κ2) is 9.04. The Labute approximate surface area is 206 Å². The molecule has 3 saturated carbocycles.